The Labute approximate surface area is 77.8 Å². The first kappa shape index (κ1) is 7.93. The second-order valence-electron chi connectivity index (χ2n) is 2.46. The average Bonchev–Trinajstić information content (AvgIpc) is 2.52. The van der Waals surface area contributed by atoms with E-state index in [1.54, 1.807) is 12.3 Å². The van der Waals surface area contributed by atoms with Crippen molar-refractivity contribution < 1.29 is 0 Å². The number of aromatic amines is 3. The fourth-order valence-electron chi connectivity index (χ4n) is 0.999. The highest BCUT2D eigenvalue weighted by Crippen LogP contribution is 2.08. The van der Waals surface area contributed by atoms with E-state index >= 15 is 0 Å². The van der Waals surface area contributed by atoms with E-state index in [1.807, 2.05) is 0 Å². The summed E-state index contributed by atoms with van der Waals surface area (Å²) < 4.78 is 0.371. The number of nitrogens with zero attached hydrogens (tertiary/aromatic N) is 1. The van der Waals surface area contributed by atoms with E-state index in [0.29, 0.717) is 16.2 Å². The van der Waals surface area contributed by atoms with Crippen LogP contribution in [0, 0.1) is 4.77 Å². The van der Waals surface area contributed by atoms with Crippen LogP contribution in [0.3, 0.4) is 0 Å². The summed E-state index contributed by atoms with van der Waals surface area (Å²) in [6, 6.07) is 3.18. The molecule has 5 nitrogen and oxygen atoms in total. The van der Waals surface area contributed by atoms with Gasteiger partial charge in [-0.2, -0.15) is 4.98 Å². The summed E-state index contributed by atoms with van der Waals surface area (Å²) in [6.45, 7) is 0. The minimum atomic E-state index is -0.167. The van der Waals surface area contributed by atoms with Crippen molar-refractivity contribution in [1.82, 2.24) is 20.2 Å². The van der Waals surface area contributed by atoms with Crippen LogP contribution in [0.25, 0.3) is 11.4 Å². The van der Waals surface area contributed by atoms with Gasteiger partial charge in [0.1, 0.15) is 0 Å². The molecular formula is C7H6N4OS. The van der Waals surface area contributed by atoms with Gasteiger partial charge >= 0.3 is 0 Å². The molecule has 0 saturated carbocycles. The van der Waals surface area contributed by atoms with E-state index in [1.165, 1.54) is 6.07 Å². The largest absolute Gasteiger partial charge is 0.329 e. The van der Waals surface area contributed by atoms with Crippen LogP contribution in [-0.2, 0) is 0 Å². The van der Waals surface area contributed by atoms with Crippen molar-refractivity contribution in [3.8, 4) is 11.4 Å². The molecule has 6 heteroatoms. The Morgan fingerprint density at radius 2 is 2.23 bits per heavy atom. The van der Waals surface area contributed by atoms with Gasteiger partial charge in [-0.15, -0.1) is 0 Å². The van der Waals surface area contributed by atoms with Crippen molar-refractivity contribution in [1.29, 1.82) is 0 Å². The Morgan fingerprint density at radius 3 is 2.85 bits per heavy atom. The minimum Gasteiger partial charge on any atom is -0.329 e. The Bertz CT molecular complexity index is 523. The maximum Gasteiger partial charge on any atom is 0.248 e. The summed E-state index contributed by atoms with van der Waals surface area (Å²) in [7, 11) is 0. The van der Waals surface area contributed by atoms with Gasteiger partial charge in [-0.05, 0) is 18.3 Å². The smallest absolute Gasteiger partial charge is 0.248 e. The molecule has 0 amide bonds. The zero-order valence-corrected chi connectivity index (χ0v) is 7.31. The van der Waals surface area contributed by atoms with Crippen molar-refractivity contribution in [2.45, 2.75) is 0 Å². The number of aromatic nitrogens is 4. The van der Waals surface area contributed by atoms with Gasteiger partial charge in [-0.25, -0.2) is 0 Å². The highest BCUT2D eigenvalue weighted by molar-refractivity contribution is 7.71. The molecule has 2 aromatic rings. The monoisotopic (exact) mass is 194 g/mol. The lowest BCUT2D eigenvalue weighted by molar-refractivity contribution is 1.08. The van der Waals surface area contributed by atoms with Crippen LogP contribution in [-0.4, -0.2) is 20.2 Å². The molecule has 0 aliphatic rings. The molecule has 0 saturated heterocycles. The van der Waals surface area contributed by atoms with Gasteiger partial charge in [-0.1, -0.05) is 0 Å². The Kier molecular flexibility index (Phi) is 1.82. The van der Waals surface area contributed by atoms with Crippen LogP contribution < -0.4 is 5.56 Å². The molecular weight excluding hydrogens is 188 g/mol. The predicted octanol–water partition coefficient (Wildman–Crippen LogP) is 0.823. The third-order valence-corrected chi connectivity index (χ3v) is 1.74. The van der Waals surface area contributed by atoms with Gasteiger partial charge < -0.3 is 4.98 Å². The highest BCUT2D eigenvalue weighted by Gasteiger charge is 1.99. The predicted molar refractivity (Wildman–Crippen MR) is 49.8 cm³/mol. The van der Waals surface area contributed by atoms with Gasteiger partial charge in [0.2, 0.25) is 10.3 Å². The van der Waals surface area contributed by atoms with E-state index in [0.717, 1.165) is 0 Å². The van der Waals surface area contributed by atoms with Gasteiger partial charge in [-0.3, -0.25) is 15.0 Å². The fraction of sp³-hybridized carbons (Fsp3) is 0. The molecule has 0 aromatic carbocycles. The summed E-state index contributed by atoms with van der Waals surface area (Å²) in [4.78, 5) is 17.4. The van der Waals surface area contributed by atoms with Crippen LogP contribution in [0.4, 0.5) is 0 Å². The first-order valence-corrected chi connectivity index (χ1v) is 4.00. The standard InChI is InChI=1S/C7H6N4OS/c12-5-3-4(1-2-8-5)6-9-7(13)11-10-6/h1-3H,(H,8,12)(H2,9,10,11,13). The molecule has 2 heterocycles. The van der Waals surface area contributed by atoms with Crippen molar-refractivity contribution >= 4 is 12.2 Å². The third-order valence-electron chi connectivity index (χ3n) is 1.55. The Balaban J connectivity index is 2.58. The number of nitrogens with one attached hydrogen (secondary N) is 3. The van der Waals surface area contributed by atoms with Crippen LogP contribution in [0.5, 0.6) is 0 Å². The molecule has 0 unspecified atom stereocenters. The van der Waals surface area contributed by atoms with Gasteiger partial charge in [0, 0.05) is 17.8 Å². The quantitative estimate of drug-likeness (QED) is 0.588. The molecule has 0 aliphatic carbocycles. The zero-order valence-electron chi connectivity index (χ0n) is 6.50. The van der Waals surface area contributed by atoms with Gasteiger partial charge in [0.25, 0.3) is 0 Å². The summed E-state index contributed by atoms with van der Waals surface area (Å²) in [6.07, 6.45) is 1.56. The number of rotatable bonds is 1. The summed E-state index contributed by atoms with van der Waals surface area (Å²) in [5.74, 6) is 0.566. The highest BCUT2D eigenvalue weighted by atomic mass is 32.1. The number of hydrogen-bond acceptors (Lipinski definition) is 3. The lowest BCUT2D eigenvalue weighted by Crippen LogP contribution is -2.02. The van der Waals surface area contributed by atoms with Crippen molar-refractivity contribution in [3.05, 3.63) is 33.5 Å². The molecule has 66 valence electrons. The molecule has 0 fully saturated rings. The van der Waals surface area contributed by atoms with Crippen LogP contribution in [0.1, 0.15) is 0 Å². The second kappa shape index (κ2) is 2.98. The SMILES string of the molecule is O=c1cc(-c2nc(=S)[nH][nH]2)cc[nH]1. The molecule has 13 heavy (non-hydrogen) atoms. The first-order valence-electron chi connectivity index (χ1n) is 3.59. The van der Waals surface area contributed by atoms with Gasteiger partial charge in [0.15, 0.2) is 5.82 Å². The number of hydrogen-bond donors (Lipinski definition) is 3. The topological polar surface area (TPSA) is 77.3 Å². The average molecular weight is 194 g/mol. The molecule has 0 bridgehead atoms. The maximum atomic E-state index is 10.9. The number of pyridine rings is 1. The lowest BCUT2D eigenvalue weighted by Gasteiger charge is -1.91. The lowest BCUT2D eigenvalue weighted by atomic mass is 10.2. The first-order chi connectivity index (χ1) is 6.25. The summed E-state index contributed by atoms with van der Waals surface area (Å²) >= 11 is 4.78. The molecule has 0 spiro atoms. The van der Waals surface area contributed by atoms with Crippen molar-refractivity contribution in [2.75, 3.05) is 0 Å². The summed E-state index contributed by atoms with van der Waals surface area (Å²) in [5.41, 5.74) is 0.538. The van der Waals surface area contributed by atoms with Crippen LogP contribution in [0.15, 0.2) is 23.1 Å². The maximum absolute atomic E-state index is 10.9. The molecule has 2 aromatic heterocycles. The van der Waals surface area contributed by atoms with E-state index in [9.17, 15) is 4.79 Å². The van der Waals surface area contributed by atoms with E-state index < -0.39 is 0 Å². The molecule has 0 atom stereocenters. The number of H-pyrrole nitrogens is 3. The second-order valence-corrected chi connectivity index (χ2v) is 2.84. The van der Waals surface area contributed by atoms with Crippen LogP contribution in [0.2, 0.25) is 0 Å². The molecule has 0 aliphatic heterocycles. The van der Waals surface area contributed by atoms with Crippen LogP contribution >= 0.6 is 12.2 Å². The fourth-order valence-corrected chi connectivity index (χ4v) is 1.14. The normalized spacial score (nSPS) is 10.2. The Morgan fingerprint density at radius 1 is 1.38 bits per heavy atom. The summed E-state index contributed by atoms with van der Waals surface area (Å²) in [5, 5.41) is 5.41. The zero-order chi connectivity index (χ0) is 9.26. The van der Waals surface area contributed by atoms with E-state index in [-0.39, 0.29) is 5.56 Å². The van der Waals surface area contributed by atoms with Gasteiger partial charge in [0.05, 0.1) is 0 Å². The van der Waals surface area contributed by atoms with Crippen molar-refractivity contribution in [3.63, 3.8) is 0 Å². The van der Waals surface area contributed by atoms with Crippen molar-refractivity contribution in [2.24, 2.45) is 0 Å². The Hall–Kier alpha value is -1.69. The molecule has 0 radical (unpaired) electrons. The minimum absolute atomic E-state index is 0.167. The van der Waals surface area contributed by atoms with E-state index in [4.69, 9.17) is 12.2 Å². The third kappa shape index (κ3) is 1.57. The molecule has 3 N–H and O–H groups in total. The van der Waals surface area contributed by atoms with E-state index in [2.05, 4.69) is 20.2 Å². The molecule has 2 rings (SSSR count).